The van der Waals surface area contributed by atoms with Crippen LogP contribution in [0.15, 0.2) is 47.4 Å². The molecule has 10 nitrogen and oxygen atoms in total. The number of benzene rings is 2. The van der Waals surface area contributed by atoms with Gasteiger partial charge in [0, 0.05) is 31.9 Å². The molecule has 0 aliphatic rings. The first-order chi connectivity index (χ1) is 13.9. The van der Waals surface area contributed by atoms with E-state index in [9.17, 15) is 28.1 Å². The summed E-state index contributed by atoms with van der Waals surface area (Å²) in [5, 5.41) is 13.4. The Balaban J connectivity index is 2.15. The number of nitro groups is 1. The maximum Gasteiger partial charge on any atom is 0.339 e. The lowest BCUT2D eigenvalue weighted by atomic mass is 10.2. The second-order valence-electron chi connectivity index (χ2n) is 6.61. The number of hydrogen-bond donors (Lipinski definition) is 1. The van der Waals surface area contributed by atoms with Crippen molar-refractivity contribution in [1.82, 2.24) is 4.31 Å². The van der Waals surface area contributed by atoms with Gasteiger partial charge < -0.3 is 10.1 Å². The summed E-state index contributed by atoms with van der Waals surface area (Å²) in [5.41, 5.74) is 0.509. The third kappa shape index (κ3) is 5.19. The highest BCUT2D eigenvalue weighted by atomic mass is 32.2. The molecule has 0 spiro atoms. The highest BCUT2D eigenvalue weighted by molar-refractivity contribution is 7.89. The molecule has 0 fully saturated rings. The average molecular weight is 435 g/mol. The van der Waals surface area contributed by atoms with Crippen LogP contribution in [0, 0.1) is 17.0 Å². The van der Waals surface area contributed by atoms with Gasteiger partial charge in [0.25, 0.3) is 11.6 Å². The first-order valence-corrected chi connectivity index (χ1v) is 10.2. The number of amides is 1. The summed E-state index contributed by atoms with van der Waals surface area (Å²) in [6.45, 7) is 3.02. The minimum Gasteiger partial charge on any atom is -0.449 e. The maximum absolute atomic E-state index is 12.4. The molecule has 0 bridgehead atoms. The number of ether oxygens (including phenoxy) is 1. The Morgan fingerprint density at radius 1 is 1.17 bits per heavy atom. The number of sulfonamides is 1. The number of esters is 1. The molecule has 0 aliphatic heterocycles. The molecule has 0 unspecified atom stereocenters. The average Bonchev–Trinajstić information content (AvgIpc) is 2.69. The van der Waals surface area contributed by atoms with Crippen molar-refractivity contribution in [1.29, 1.82) is 0 Å². The van der Waals surface area contributed by atoms with E-state index in [-0.39, 0.29) is 21.8 Å². The van der Waals surface area contributed by atoms with E-state index in [2.05, 4.69) is 5.32 Å². The molecule has 0 saturated carbocycles. The number of nitro benzene ring substituents is 1. The zero-order valence-electron chi connectivity index (χ0n) is 16.8. The lowest BCUT2D eigenvalue weighted by molar-refractivity contribution is -0.384. The Bertz CT molecular complexity index is 1100. The summed E-state index contributed by atoms with van der Waals surface area (Å²) in [7, 11) is -0.913. The fourth-order valence-corrected chi connectivity index (χ4v) is 3.30. The zero-order valence-corrected chi connectivity index (χ0v) is 17.6. The number of anilines is 1. The molecule has 1 atom stereocenters. The van der Waals surface area contributed by atoms with Crippen LogP contribution in [-0.4, -0.2) is 49.7 Å². The van der Waals surface area contributed by atoms with Crippen molar-refractivity contribution in [3.05, 3.63) is 63.7 Å². The minimum absolute atomic E-state index is 0.00496. The SMILES string of the molecule is Cc1ccc(S(=O)(=O)N(C)C)cc1NC(=O)[C@@H](C)OC(=O)c1cccc([N+](=O)[O-])c1. The highest BCUT2D eigenvalue weighted by Gasteiger charge is 2.23. The molecule has 2 aromatic rings. The monoisotopic (exact) mass is 435 g/mol. The van der Waals surface area contributed by atoms with Crippen molar-refractivity contribution >= 4 is 33.3 Å². The van der Waals surface area contributed by atoms with Crippen LogP contribution in [0.2, 0.25) is 0 Å². The summed E-state index contributed by atoms with van der Waals surface area (Å²) < 4.78 is 30.7. The van der Waals surface area contributed by atoms with Gasteiger partial charge in [0.2, 0.25) is 10.0 Å². The number of aryl methyl sites for hydroxylation is 1. The van der Waals surface area contributed by atoms with Crippen LogP contribution in [0.1, 0.15) is 22.8 Å². The van der Waals surface area contributed by atoms with Crippen molar-refractivity contribution < 1.29 is 27.7 Å². The Labute approximate surface area is 173 Å². The fourth-order valence-electron chi connectivity index (χ4n) is 2.37. The molecule has 160 valence electrons. The van der Waals surface area contributed by atoms with E-state index in [1.807, 2.05) is 0 Å². The van der Waals surface area contributed by atoms with Gasteiger partial charge in [-0.15, -0.1) is 0 Å². The maximum atomic E-state index is 12.4. The van der Waals surface area contributed by atoms with E-state index in [1.165, 1.54) is 51.4 Å². The number of hydrogen-bond acceptors (Lipinski definition) is 7. The predicted molar refractivity (Wildman–Crippen MR) is 109 cm³/mol. The summed E-state index contributed by atoms with van der Waals surface area (Å²) in [6, 6.07) is 9.23. The lowest BCUT2D eigenvalue weighted by Gasteiger charge is -2.17. The van der Waals surface area contributed by atoms with Crippen LogP contribution in [0.4, 0.5) is 11.4 Å². The minimum atomic E-state index is -3.70. The predicted octanol–water partition coefficient (Wildman–Crippen LogP) is 2.34. The zero-order chi connectivity index (χ0) is 22.6. The van der Waals surface area contributed by atoms with E-state index in [0.717, 1.165) is 10.4 Å². The number of carbonyl (C=O) groups excluding carboxylic acids is 2. The van der Waals surface area contributed by atoms with E-state index in [0.29, 0.717) is 5.56 Å². The van der Waals surface area contributed by atoms with Crippen LogP contribution in [0.3, 0.4) is 0 Å². The summed E-state index contributed by atoms with van der Waals surface area (Å²) in [6.07, 6.45) is -1.23. The molecule has 2 aromatic carbocycles. The van der Waals surface area contributed by atoms with Crippen molar-refractivity contribution in [2.75, 3.05) is 19.4 Å². The Kier molecular flexibility index (Phi) is 6.90. The Morgan fingerprint density at radius 2 is 1.83 bits per heavy atom. The normalized spacial score (nSPS) is 12.3. The smallest absolute Gasteiger partial charge is 0.339 e. The molecule has 0 aliphatic carbocycles. The van der Waals surface area contributed by atoms with Crippen LogP contribution in [-0.2, 0) is 19.6 Å². The third-order valence-electron chi connectivity index (χ3n) is 4.19. The van der Waals surface area contributed by atoms with Gasteiger partial charge in [-0.3, -0.25) is 14.9 Å². The van der Waals surface area contributed by atoms with Gasteiger partial charge >= 0.3 is 5.97 Å². The Hall–Kier alpha value is -3.31. The molecular formula is C19H21N3O7S. The molecule has 1 amide bonds. The first-order valence-electron chi connectivity index (χ1n) is 8.73. The van der Waals surface area contributed by atoms with Crippen molar-refractivity contribution in [2.24, 2.45) is 0 Å². The highest BCUT2D eigenvalue weighted by Crippen LogP contribution is 2.22. The largest absolute Gasteiger partial charge is 0.449 e. The quantitative estimate of drug-likeness (QED) is 0.400. The molecule has 11 heteroatoms. The first kappa shape index (κ1) is 23.0. The fraction of sp³-hybridized carbons (Fsp3) is 0.263. The van der Waals surface area contributed by atoms with E-state index >= 15 is 0 Å². The molecule has 2 rings (SSSR count). The van der Waals surface area contributed by atoms with Gasteiger partial charge in [-0.25, -0.2) is 17.5 Å². The van der Waals surface area contributed by atoms with Gasteiger partial charge in [-0.1, -0.05) is 12.1 Å². The van der Waals surface area contributed by atoms with Gasteiger partial charge in [-0.2, -0.15) is 0 Å². The number of nitrogens with one attached hydrogen (secondary N) is 1. The van der Waals surface area contributed by atoms with Gasteiger partial charge in [-0.05, 0) is 37.6 Å². The number of carbonyl (C=O) groups is 2. The van der Waals surface area contributed by atoms with Crippen LogP contribution < -0.4 is 5.32 Å². The lowest BCUT2D eigenvalue weighted by Crippen LogP contribution is -2.30. The summed E-state index contributed by atoms with van der Waals surface area (Å²) in [5.74, 6) is -1.58. The molecule has 0 radical (unpaired) electrons. The molecule has 0 saturated heterocycles. The third-order valence-corrected chi connectivity index (χ3v) is 6.00. The number of rotatable bonds is 7. The van der Waals surface area contributed by atoms with Crippen LogP contribution in [0.5, 0.6) is 0 Å². The van der Waals surface area contributed by atoms with Crippen molar-refractivity contribution in [3.8, 4) is 0 Å². The van der Waals surface area contributed by atoms with Crippen molar-refractivity contribution in [2.45, 2.75) is 24.8 Å². The van der Waals surface area contributed by atoms with Gasteiger partial charge in [0.05, 0.1) is 15.4 Å². The summed E-state index contributed by atoms with van der Waals surface area (Å²) >= 11 is 0. The number of nitrogens with zero attached hydrogens (tertiary/aromatic N) is 2. The van der Waals surface area contributed by atoms with E-state index < -0.39 is 32.9 Å². The molecule has 30 heavy (non-hydrogen) atoms. The topological polar surface area (TPSA) is 136 Å². The second kappa shape index (κ2) is 9.01. The van der Waals surface area contributed by atoms with Gasteiger partial charge in [0.15, 0.2) is 6.10 Å². The molecule has 1 N–H and O–H groups in total. The van der Waals surface area contributed by atoms with Crippen molar-refractivity contribution in [3.63, 3.8) is 0 Å². The van der Waals surface area contributed by atoms with Gasteiger partial charge in [0.1, 0.15) is 0 Å². The summed E-state index contributed by atoms with van der Waals surface area (Å²) in [4.78, 5) is 34.8. The van der Waals surface area contributed by atoms with E-state index in [1.54, 1.807) is 13.0 Å². The second-order valence-corrected chi connectivity index (χ2v) is 8.76. The molecule has 0 heterocycles. The van der Waals surface area contributed by atoms with Crippen LogP contribution in [0.25, 0.3) is 0 Å². The van der Waals surface area contributed by atoms with Crippen LogP contribution >= 0.6 is 0 Å². The van der Waals surface area contributed by atoms with E-state index in [4.69, 9.17) is 4.74 Å². The molecule has 0 aromatic heterocycles. The Morgan fingerprint density at radius 3 is 2.43 bits per heavy atom. The standard InChI is InChI=1S/C19H21N3O7S/c1-12-8-9-16(30(27,28)21(3)4)11-17(12)20-18(23)13(2)29-19(24)14-6-5-7-15(10-14)22(25)26/h5-11,13H,1-4H3,(H,20,23)/t13-/m1/s1. The number of non-ortho nitro benzene ring substituents is 1. The molecular weight excluding hydrogens is 414 g/mol.